The maximum atomic E-state index is 12.0. The highest BCUT2D eigenvalue weighted by molar-refractivity contribution is 5.90. The number of carbonyl (C=O) groups is 1. The SMILES string of the molecule is Cc1cc(O)ccc1NC(=O)NC(C)Oc1ccc(C(C)C)cc1. The lowest BCUT2D eigenvalue weighted by atomic mass is 10.0. The zero-order chi connectivity index (χ0) is 17.7. The molecule has 24 heavy (non-hydrogen) atoms. The second-order valence-electron chi connectivity index (χ2n) is 6.08. The van der Waals surface area contributed by atoms with Crippen LogP contribution in [0.1, 0.15) is 37.8 Å². The third kappa shape index (κ3) is 4.91. The van der Waals surface area contributed by atoms with Crippen LogP contribution in [-0.4, -0.2) is 17.4 Å². The number of urea groups is 1. The first-order valence-corrected chi connectivity index (χ1v) is 7.99. The van der Waals surface area contributed by atoms with E-state index >= 15 is 0 Å². The van der Waals surface area contributed by atoms with Gasteiger partial charge in [-0.25, -0.2) is 4.79 Å². The number of hydrogen-bond donors (Lipinski definition) is 3. The van der Waals surface area contributed by atoms with Gasteiger partial charge in [-0.05, 0) is 61.2 Å². The number of nitrogens with one attached hydrogen (secondary N) is 2. The van der Waals surface area contributed by atoms with Gasteiger partial charge >= 0.3 is 6.03 Å². The molecule has 0 fully saturated rings. The van der Waals surface area contributed by atoms with E-state index in [9.17, 15) is 9.90 Å². The van der Waals surface area contributed by atoms with E-state index in [1.807, 2.05) is 31.2 Å². The summed E-state index contributed by atoms with van der Waals surface area (Å²) in [6.45, 7) is 7.84. The first kappa shape index (κ1) is 17.7. The minimum Gasteiger partial charge on any atom is -0.508 e. The van der Waals surface area contributed by atoms with Crippen molar-refractivity contribution < 1.29 is 14.6 Å². The second-order valence-corrected chi connectivity index (χ2v) is 6.08. The molecule has 0 spiro atoms. The zero-order valence-electron chi connectivity index (χ0n) is 14.5. The molecule has 1 atom stereocenters. The molecule has 5 heteroatoms. The van der Waals surface area contributed by atoms with Gasteiger partial charge in [0.25, 0.3) is 0 Å². The van der Waals surface area contributed by atoms with Gasteiger partial charge in [-0.2, -0.15) is 0 Å². The third-order valence-corrected chi connectivity index (χ3v) is 3.65. The number of rotatable bonds is 5. The number of hydrogen-bond acceptors (Lipinski definition) is 3. The Hall–Kier alpha value is -2.69. The van der Waals surface area contributed by atoms with Gasteiger partial charge in [0.05, 0.1) is 0 Å². The summed E-state index contributed by atoms with van der Waals surface area (Å²) in [5.74, 6) is 1.34. The lowest BCUT2D eigenvalue weighted by Gasteiger charge is -2.18. The van der Waals surface area contributed by atoms with Crippen LogP contribution in [0.4, 0.5) is 10.5 Å². The first-order chi connectivity index (χ1) is 11.3. The van der Waals surface area contributed by atoms with Crippen molar-refractivity contribution in [3.05, 3.63) is 53.6 Å². The third-order valence-electron chi connectivity index (χ3n) is 3.65. The van der Waals surface area contributed by atoms with E-state index in [0.717, 1.165) is 5.56 Å². The van der Waals surface area contributed by atoms with Crippen LogP contribution in [0, 0.1) is 6.92 Å². The molecule has 0 aliphatic carbocycles. The molecule has 0 bridgehead atoms. The topological polar surface area (TPSA) is 70.6 Å². The van der Waals surface area contributed by atoms with Crippen LogP contribution in [0.15, 0.2) is 42.5 Å². The molecule has 0 saturated heterocycles. The number of amides is 2. The molecule has 2 rings (SSSR count). The van der Waals surface area contributed by atoms with Crippen molar-refractivity contribution in [2.45, 2.75) is 39.8 Å². The Morgan fingerprint density at radius 3 is 2.33 bits per heavy atom. The highest BCUT2D eigenvalue weighted by Gasteiger charge is 2.10. The van der Waals surface area contributed by atoms with Gasteiger partial charge in [0.1, 0.15) is 11.5 Å². The quantitative estimate of drug-likeness (QED) is 0.564. The average molecular weight is 328 g/mol. The van der Waals surface area contributed by atoms with Crippen LogP contribution in [0.25, 0.3) is 0 Å². The van der Waals surface area contributed by atoms with Gasteiger partial charge in [0.15, 0.2) is 6.23 Å². The summed E-state index contributed by atoms with van der Waals surface area (Å²) < 4.78 is 5.69. The van der Waals surface area contributed by atoms with Gasteiger partial charge in [-0.15, -0.1) is 0 Å². The lowest BCUT2D eigenvalue weighted by molar-refractivity contribution is 0.183. The summed E-state index contributed by atoms with van der Waals surface area (Å²) in [5, 5.41) is 14.8. The normalized spacial score (nSPS) is 11.9. The highest BCUT2D eigenvalue weighted by Crippen LogP contribution is 2.21. The number of anilines is 1. The summed E-state index contributed by atoms with van der Waals surface area (Å²) in [6, 6.07) is 12.2. The Kier molecular flexibility index (Phi) is 5.68. The molecule has 1 unspecified atom stereocenters. The predicted molar refractivity (Wildman–Crippen MR) is 95.6 cm³/mol. The summed E-state index contributed by atoms with van der Waals surface area (Å²) in [4.78, 5) is 12.0. The maximum Gasteiger partial charge on any atom is 0.322 e. The van der Waals surface area contributed by atoms with Crippen molar-refractivity contribution in [2.24, 2.45) is 0 Å². The Morgan fingerprint density at radius 2 is 1.75 bits per heavy atom. The molecule has 128 valence electrons. The number of aryl methyl sites for hydroxylation is 1. The molecule has 0 aromatic heterocycles. The Morgan fingerprint density at radius 1 is 1.08 bits per heavy atom. The van der Waals surface area contributed by atoms with Crippen LogP contribution in [0.5, 0.6) is 11.5 Å². The molecular weight excluding hydrogens is 304 g/mol. The molecule has 2 aromatic rings. The molecule has 0 saturated carbocycles. The van der Waals surface area contributed by atoms with E-state index in [0.29, 0.717) is 17.4 Å². The lowest BCUT2D eigenvalue weighted by Crippen LogP contribution is -2.39. The highest BCUT2D eigenvalue weighted by atomic mass is 16.5. The van der Waals surface area contributed by atoms with Crippen molar-refractivity contribution in [3.63, 3.8) is 0 Å². The minimum absolute atomic E-state index is 0.167. The largest absolute Gasteiger partial charge is 0.508 e. The monoisotopic (exact) mass is 328 g/mol. The van der Waals surface area contributed by atoms with Crippen LogP contribution in [-0.2, 0) is 0 Å². The molecular formula is C19H24N2O3. The Labute approximate surface area is 142 Å². The van der Waals surface area contributed by atoms with E-state index in [1.165, 1.54) is 11.6 Å². The molecule has 5 nitrogen and oxygen atoms in total. The van der Waals surface area contributed by atoms with E-state index < -0.39 is 6.23 Å². The molecule has 0 aliphatic heterocycles. The van der Waals surface area contributed by atoms with Crippen LogP contribution < -0.4 is 15.4 Å². The molecule has 3 N–H and O–H groups in total. The van der Waals surface area contributed by atoms with Crippen LogP contribution in [0.2, 0.25) is 0 Å². The predicted octanol–water partition coefficient (Wildman–Crippen LogP) is 4.37. The van der Waals surface area contributed by atoms with Crippen molar-refractivity contribution >= 4 is 11.7 Å². The van der Waals surface area contributed by atoms with Gasteiger partial charge < -0.3 is 20.5 Å². The molecule has 2 aromatic carbocycles. The zero-order valence-corrected chi connectivity index (χ0v) is 14.5. The number of carbonyl (C=O) groups excluding carboxylic acids is 1. The number of ether oxygens (including phenoxy) is 1. The molecule has 2 amide bonds. The van der Waals surface area contributed by atoms with E-state index in [2.05, 4.69) is 24.5 Å². The summed E-state index contributed by atoms with van der Waals surface area (Å²) in [7, 11) is 0. The number of phenols is 1. The van der Waals surface area contributed by atoms with Gasteiger partial charge in [0.2, 0.25) is 0 Å². The first-order valence-electron chi connectivity index (χ1n) is 7.99. The Bertz CT molecular complexity index is 696. The fraction of sp³-hybridized carbons (Fsp3) is 0.316. The number of aromatic hydroxyl groups is 1. The van der Waals surface area contributed by atoms with Gasteiger partial charge in [-0.1, -0.05) is 26.0 Å². The number of phenolic OH excluding ortho intramolecular Hbond substituents is 1. The van der Waals surface area contributed by atoms with E-state index in [4.69, 9.17) is 4.74 Å². The second kappa shape index (κ2) is 7.73. The average Bonchev–Trinajstić information content (AvgIpc) is 2.50. The van der Waals surface area contributed by atoms with Gasteiger partial charge in [0, 0.05) is 5.69 Å². The Balaban J connectivity index is 1.89. The summed E-state index contributed by atoms with van der Waals surface area (Å²) >= 11 is 0. The van der Waals surface area contributed by atoms with E-state index in [-0.39, 0.29) is 11.8 Å². The standard InChI is InChI=1S/C19H24N2O3/c1-12(2)15-5-8-17(9-6-15)24-14(4)20-19(23)21-18-10-7-16(22)11-13(18)3/h5-12,14,22H,1-4H3,(H2,20,21,23). The fourth-order valence-electron chi connectivity index (χ4n) is 2.30. The smallest absolute Gasteiger partial charge is 0.322 e. The van der Waals surface area contributed by atoms with Crippen molar-refractivity contribution in [1.82, 2.24) is 5.32 Å². The van der Waals surface area contributed by atoms with E-state index in [1.54, 1.807) is 19.1 Å². The fourth-order valence-corrected chi connectivity index (χ4v) is 2.30. The van der Waals surface area contributed by atoms with Crippen molar-refractivity contribution in [3.8, 4) is 11.5 Å². The van der Waals surface area contributed by atoms with Crippen molar-refractivity contribution in [2.75, 3.05) is 5.32 Å². The maximum absolute atomic E-state index is 12.0. The summed E-state index contributed by atoms with van der Waals surface area (Å²) in [5.41, 5.74) is 2.66. The van der Waals surface area contributed by atoms with Crippen LogP contribution >= 0.6 is 0 Å². The number of benzene rings is 2. The van der Waals surface area contributed by atoms with Crippen molar-refractivity contribution in [1.29, 1.82) is 0 Å². The minimum atomic E-state index is -0.479. The van der Waals surface area contributed by atoms with Crippen LogP contribution in [0.3, 0.4) is 0 Å². The molecule has 0 heterocycles. The molecule has 0 radical (unpaired) electrons. The summed E-state index contributed by atoms with van der Waals surface area (Å²) in [6.07, 6.45) is -0.479. The van der Waals surface area contributed by atoms with Gasteiger partial charge in [-0.3, -0.25) is 0 Å². The molecule has 0 aliphatic rings.